The Morgan fingerprint density at radius 2 is 2.10 bits per heavy atom. The molecule has 20 heavy (non-hydrogen) atoms. The van der Waals surface area contributed by atoms with Gasteiger partial charge in [0, 0.05) is 6.20 Å². The zero-order chi connectivity index (χ0) is 14.8. The van der Waals surface area contributed by atoms with Gasteiger partial charge in [0.25, 0.3) is 0 Å². The monoisotopic (exact) mass is 280 g/mol. The third-order valence-corrected chi connectivity index (χ3v) is 2.88. The Hall–Kier alpha value is -1.82. The lowest BCUT2D eigenvalue weighted by Gasteiger charge is -2.10. The molecule has 6 heteroatoms. The minimum atomic E-state index is -0.0356. The fraction of sp³-hybridized carbons (Fsp3) is 0.571. The van der Waals surface area contributed by atoms with Crippen molar-refractivity contribution in [2.45, 2.75) is 25.7 Å². The lowest BCUT2D eigenvalue weighted by Crippen LogP contribution is -2.17. The number of rotatable bonds is 9. The smallest absolute Gasteiger partial charge is 0.192 e. The van der Waals surface area contributed by atoms with E-state index < -0.39 is 0 Å². The maximum atomic E-state index is 8.69. The summed E-state index contributed by atoms with van der Waals surface area (Å²) in [6, 6.07) is 3.53. The van der Waals surface area contributed by atoms with E-state index in [0.717, 1.165) is 19.4 Å². The molecule has 1 aromatic heterocycles. The van der Waals surface area contributed by atoms with Crippen LogP contribution in [0.5, 0.6) is 5.75 Å². The van der Waals surface area contributed by atoms with Crippen LogP contribution in [0.2, 0.25) is 0 Å². The second-order valence-electron chi connectivity index (χ2n) is 4.90. The maximum absolute atomic E-state index is 8.69. The van der Waals surface area contributed by atoms with Gasteiger partial charge in [-0.3, -0.25) is 0 Å². The van der Waals surface area contributed by atoms with E-state index in [2.05, 4.69) is 29.1 Å². The molecule has 1 heterocycles. The number of pyridine rings is 1. The minimum Gasteiger partial charge on any atom is -0.491 e. The number of hydrogen-bond acceptors (Lipinski definition) is 5. The number of aromatic nitrogens is 1. The SMILES string of the molecule is CN(C)CCCCCCOc1cccnc1C(N)=NO. The van der Waals surface area contributed by atoms with E-state index in [-0.39, 0.29) is 5.84 Å². The third kappa shape index (κ3) is 5.88. The predicted octanol–water partition coefficient (Wildman–Crippen LogP) is 1.68. The molecule has 0 aliphatic carbocycles. The van der Waals surface area contributed by atoms with Crippen LogP contribution < -0.4 is 10.5 Å². The van der Waals surface area contributed by atoms with Crippen LogP contribution in [0.15, 0.2) is 23.5 Å². The largest absolute Gasteiger partial charge is 0.491 e. The molecule has 0 radical (unpaired) electrons. The molecule has 0 fully saturated rings. The number of unbranched alkanes of at least 4 members (excludes halogenated alkanes) is 3. The van der Waals surface area contributed by atoms with Gasteiger partial charge in [0.1, 0.15) is 5.75 Å². The normalized spacial score (nSPS) is 11.8. The van der Waals surface area contributed by atoms with Crippen LogP contribution in [-0.4, -0.2) is 48.2 Å². The number of hydrogen-bond donors (Lipinski definition) is 2. The van der Waals surface area contributed by atoms with Gasteiger partial charge in [-0.2, -0.15) is 0 Å². The van der Waals surface area contributed by atoms with Crippen LogP contribution in [0.3, 0.4) is 0 Å². The first kappa shape index (κ1) is 16.2. The molecule has 6 nitrogen and oxygen atoms in total. The molecule has 1 rings (SSSR count). The molecule has 112 valence electrons. The minimum absolute atomic E-state index is 0.0356. The number of oxime groups is 1. The Morgan fingerprint density at radius 1 is 1.35 bits per heavy atom. The summed E-state index contributed by atoms with van der Waals surface area (Å²) in [7, 11) is 4.17. The van der Waals surface area contributed by atoms with Crippen molar-refractivity contribution in [3.63, 3.8) is 0 Å². The van der Waals surface area contributed by atoms with E-state index >= 15 is 0 Å². The summed E-state index contributed by atoms with van der Waals surface area (Å²) in [5.74, 6) is 0.516. The van der Waals surface area contributed by atoms with E-state index in [0.29, 0.717) is 18.1 Å². The van der Waals surface area contributed by atoms with Gasteiger partial charge >= 0.3 is 0 Å². The Morgan fingerprint density at radius 3 is 2.80 bits per heavy atom. The van der Waals surface area contributed by atoms with Crippen molar-refractivity contribution in [3.05, 3.63) is 24.0 Å². The first-order valence-electron chi connectivity index (χ1n) is 6.85. The van der Waals surface area contributed by atoms with Crippen LogP contribution in [0, 0.1) is 0 Å². The average Bonchev–Trinajstić information content (AvgIpc) is 2.45. The Bertz CT molecular complexity index is 421. The molecule has 0 unspecified atom stereocenters. The molecule has 0 aromatic carbocycles. The first-order chi connectivity index (χ1) is 9.65. The molecule has 0 saturated carbocycles. The molecule has 0 bridgehead atoms. The summed E-state index contributed by atoms with van der Waals surface area (Å²) in [5.41, 5.74) is 5.92. The van der Waals surface area contributed by atoms with Gasteiger partial charge in [-0.25, -0.2) is 4.98 Å². The second kappa shape index (κ2) is 9.14. The molecule has 0 aliphatic rings. The number of ether oxygens (including phenoxy) is 1. The van der Waals surface area contributed by atoms with Gasteiger partial charge in [0.05, 0.1) is 6.61 Å². The van der Waals surface area contributed by atoms with E-state index in [1.807, 2.05) is 0 Å². The summed E-state index contributed by atoms with van der Waals surface area (Å²) < 4.78 is 5.64. The van der Waals surface area contributed by atoms with Crippen molar-refractivity contribution in [2.75, 3.05) is 27.2 Å². The van der Waals surface area contributed by atoms with Crippen LogP contribution in [-0.2, 0) is 0 Å². The second-order valence-corrected chi connectivity index (χ2v) is 4.90. The van der Waals surface area contributed by atoms with Gasteiger partial charge in [-0.05, 0) is 45.6 Å². The Labute approximate surface area is 120 Å². The molecule has 1 aromatic rings. The van der Waals surface area contributed by atoms with E-state index in [9.17, 15) is 0 Å². The van der Waals surface area contributed by atoms with E-state index in [1.165, 1.54) is 12.8 Å². The molecule has 0 aliphatic heterocycles. The molecule has 0 amide bonds. The highest BCUT2D eigenvalue weighted by atomic mass is 16.5. The standard InChI is InChI=1S/C14H24N4O2/c1-18(2)10-5-3-4-6-11-20-12-8-7-9-16-13(12)14(15)17-19/h7-9,19H,3-6,10-11H2,1-2H3,(H2,15,17). The summed E-state index contributed by atoms with van der Waals surface area (Å²) in [6.45, 7) is 1.73. The summed E-state index contributed by atoms with van der Waals surface area (Å²) >= 11 is 0. The van der Waals surface area contributed by atoms with Gasteiger partial charge in [0.2, 0.25) is 0 Å². The van der Waals surface area contributed by atoms with Crippen molar-refractivity contribution in [1.82, 2.24) is 9.88 Å². The fourth-order valence-corrected chi connectivity index (χ4v) is 1.81. The van der Waals surface area contributed by atoms with Crippen molar-refractivity contribution >= 4 is 5.84 Å². The zero-order valence-electron chi connectivity index (χ0n) is 12.2. The van der Waals surface area contributed by atoms with Gasteiger partial charge < -0.3 is 20.6 Å². The molecule has 0 saturated heterocycles. The topological polar surface area (TPSA) is 84.0 Å². The number of nitrogens with two attached hydrogens (primary N) is 1. The highest BCUT2D eigenvalue weighted by Gasteiger charge is 2.08. The molecule has 3 N–H and O–H groups in total. The summed E-state index contributed by atoms with van der Waals surface area (Å²) in [6.07, 6.45) is 6.10. The molecule has 0 atom stereocenters. The summed E-state index contributed by atoms with van der Waals surface area (Å²) in [4.78, 5) is 6.24. The van der Waals surface area contributed by atoms with Crippen LogP contribution in [0.25, 0.3) is 0 Å². The molecular weight excluding hydrogens is 256 g/mol. The van der Waals surface area contributed by atoms with E-state index in [4.69, 9.17) is 15.7 Å². The highest BCUT2D eigenvalue weighted by molar-refractivity contribution is 5.97. The van der Waals surface area contributed by atoms with Crippen molar-refractivity contribution in [3.8, 4) is 5.75 Å². The third-order valence-electron chi connectivity index (χ3n) is 2.88. The maximum Gasteiger partial charge on any atom is 0.192 e. The van der Waals surface area contributed by atoms with Crippen molar-refractivity contribution in [2.24, 2.45) is 10.9 Å². The average molecular weight is 280 g/mol. The van der Waals surface area contributed by atoms with E-state index in [1.54, 1.807) is 18.3 Å². The quantitative estimate of drug-likeness (QED) is 0.236. The van der Waals surface area contributed by atoms with Gasteiger partial charge in [0.15, 0.2) is 11.5 Å². The molecule has 0 spiro atoms. The Kier molecular flexibility index (Phi) is 7.42. The zero-order valence-corrected chi connectivity index (χ0v) is 12.2. The predicted molar refractivity (Wildman–Crippen MR) is 79.3 cm³/mol. The first-order valence-corrected chi connectivity index (χ1v) is 6.85. The van der Waals surface area contributed by atoms with Crippen molar-refractivity contribution < 1.29 is 9.94 Å². The Balaban J connectivity index is 2.29. The number of amidine groups is 1. The summed E-state index contributed by atoms with van der Waals surface area (Å²) in [5, 5.41) is 11.6. The van der Waals surface area contributed by atoms with Gasteiger partial charge in [-0.1, -0.05) is 18.0 Å². The molecular formula is C14H24N4O2. The van der Waals surface area contributed by atoms with Crippen molar-refractivity contribution in [1.29, 1.82) is 0 Å². The van der Waals surface area contributed by atoms with Crippen LogP contribution in [0.1, 0.15) is 31.4 Å². The lowest BCUT2D eigenvalue weighted by atomic mass is 10.2. The van der Waals surface area contributed by atoms with Crippen LogP contribution in [0.4, 0.5) is 0 Å². The lowest BCUT2D eigenvalue weighted by molar-refractivity contribution is 0.298. The van der Waals surface area contributed by atoms with Gasteiger partial charge in [-0.15, -0.1) is 0 Å². The van der Waals surface area contributed by atoms with Crippen LogP contribution >= 0.6 is 0 Å². The number of nitrogens with zero attached hydrogens (tertiary/aromatic N) is 3. The highest BCUT2D eigenvalue weighted by Crippen LogP contribution is 2.15. The fourth-order valence-electron chi connectivity index (χ4n) is 1.81.